The normalized spacial score (nSPS) is 11.4. The average molecular weight is 266 g/mol. The maximum atomic E-state index is 8.89. The number of hydrogen-bond acceptors (Lipinski definition) is 3. The molecule has 0 bridgehead atoms. The Kier molecular flexibility index (Phi) is 4.62. The first-order chi connectivity index (χ1) is 9.71. The van der Waals surface area contributed by atoms with Gasteiger partial charge in [0.05, 0.1) is 18.7 Å². The van der Waals surface area contributed by atoms with Gasteiger partial charge in [0.1, 0.15) is 5.75 Å². The fourth-order valence-electron chi connectivity index (χ4n) is 2.13. The minimum atomic E-state index is 0.289. The summed E-state index contributed by atoms with van der Waals surface area (Å²) in [7, 11) is 1.67. The van der Waals surface area contributed by atoms with E-state index in [0.29, 0.717) is 5.56 Å². The van der Waals surface area contributed by atoms with E-state index in [-0.39, 0.29) is 6.04 Å². The highest BCUT2D eigenvalue weighted by Gasteiger charge is 2.04. The molecule has 102 valence electrons. The van der Waals surface area contributed by atoms with Crippen LogP contribution in [0.15, 0.2) is 48.5 Å². The summed E-state index contributed by atoms with van der Waals surface area (Å²) < 4.78 is 5.15. The molecule has 0 aliphatic carbocycles. The topological polar surface area (TPSA) is 45.0 Å². The van der Waals surface area contributed by atoms with E-state index in [2.05, 4.69) is 30.4 Å². The number of benzene rings is 2. The summed E-state index contributed by atoms with van der Waals surface area (Å²) in [6.07, 6.45) is 0.917. The second kappa shape index (κ2) is 6.63. The fourth-order valence-corrected chi connectivity index (χ4v) is 2.13. The first-order valence-electron chi connectivity index (χ1n) is 6.61. The lowest BCUT2D eigenvalue weighted by Gasteiger charge is -2.15. The molecule has 0 spiro atoms. The number of nitrogens with zero attached hydrogens (tertiary/aromatic N) is 1. The summed E-state index contributed by atoms with van der Waals surface area (Å²) >= 11 is 0. The largest absolute Gasteiger partial charge is 0.497 e. The Hall–Kier alpha value is -2.47. The molecule has 0 aliphatic heterocycles. The Balaban J connectivity index is 1.97. The van der Waals surface area contributed by atoms with Crippen molar-refractivity contribution in [3.63, 3.8) is 0 Å². The molecule has 3 heteroatoms. The molecule has 2 aromatic carbocycles. The van der Waals surface area contributed by atoms with Gasteiger partial charge in [-0.25, -0.2) is 0 Å². The van der Waals surface area contributed by atoms with Gasteiger partial charge in [-0.1, -0.05) is 18.2 Å². The predicted molar refractivity (Wildman–Crippen MR) is 80.9 cm³/mol. The highest BCUT2D eigenvalue weighted by atomic mass is 16.5. The van der Waals surface area contributed by atoms with Crippen molar-refractivity contribution in [3.05, 3.63) is 59.7 Å². The van der Waals surface area contributed by atoms with Crippen molar-refractivity contribution < 1.29 is 4.74 Å². The van der Waals surface area contributed by atoms with Crippen LogP contribution in [0.1, 0.15) is 18.1 Å². The Morgan fingerprint density at radius 1 is 1.20 bits per heavy atom. The molecule has 2 aromatic rings. The lowest BCUT2D eigenvalue weighted by molar-refractivity contribution is 0.414. The van der Waals surface area contributed by atoms with E-state index >= 15 is 0 Å². The van der Waals surface area contributed by atoms with Crippen LogP contribution in [0.25, 0.3) is 0 Å². The highest BCUT2D eigenvalue weighted by molar-refractivity contribution is 5.49. The zero-order valence-corrected chi connectivity index (χ0v) is 11.8. The van der Waals surface area contributed by atoms with Gasteiger partial charge in [0.15, 0.2) is 0 Å². The van der Waals surface area contributed by atoms with Crippen molar-refractivity contribution in [2.24, 2.45) is 0 Å². The van der Waals surface area contributed by atoms with Gasteiger partial charge in [-0.2, -0.15) is 5.26 Å². The molecular formula is C17H18N2O. The second-order valence-electron chi connectivity index (χ2n) is 4.79. The molecule has 0 fully saturated rings. The van der Waals surface area contributed by atoms with E-state index in [1.807, 2.05) is 30.3 Å². The van der Waals surface area contributed by atoms with Gasteiger partial charge < -0.3 is 10.1 Å². The number of methoxy groups -OCH3 is 1. The summed E-state index contributed by atoms with van der Waals surface area (Å²) in [5, 5.41) is 12.3. The van der Waals surface area contributed by atoms with Gasteiger partial charge >= 0.3 is 0 Å². The summed E-state index contributed by atoms with van der Waals surface area (Å²) in [5.74, 6) is 0.871. The van der Waals surface area contributed by atoms with Crippen LogP contribution in [0.2, 0.25) is 0 Å². The summed E-state index contributed by atoms with van der Waals surface area (Å²) in [6.45, 7) is 2.13. The van der Waals surface area contributed by atoms with Crippen molar-refractivity contribution in [1.29, 1.82) is 5.26 Å². The number of ether oxygens (including phenoxy) is 1. The molecule has 3 nitrogen and oxygen atoms in total. The van der Waals surface area contributed by atoms with E-state index in [1.165, 1.54) is 5.56 Å². The molecule has 0 aliphatic rings. The van der Waals surface area contributed by atoms with E-state index in [4.69, 9.17) is 10.00 Å². The molecule has 1 N–H and O–H groups in total. The van der Waals surface area contributed by atoms with Crippen molar-refractivity contribution in [3.8, 4) is 11.8 Å². The molecule has 1 unspecified atom stereocenters. The third-order valence-corrected chi connectivity index (χ3v) is 3.11. The van der Waals surface area contributed by atoms with Crippen molar-refractivity contribution >= 4 is 5.69 Å². The molecule has 1 atom stereocenters. The third kappa shape index (κ3) is 3.76. The van der Waals surface area contributed by atoms with E-state index in [1.54, 1.807) is 13.2 Å². The number of anilines is 1. The van der Waals surface area contributed by atoms with Crippen molar-refractivity contribution in [2.45, 2.75) is 19.4 Å². The lowest BCUT2D eigenvalue weighted by Crippen LogP contribution is -2.18. The number of nitrogens with one attached hydrogen (secondary N) is 1. The van der Waals surface area contributed by atoms with Gasteiger partial charge in [0.2, 0.25) is 0 Å². The quantitative estimate of drug-likeness (QED) is 0.899. The van der Waals surface area contributed by atoms with E-state index in [0.717, 1.165) is 17.9 Å². The highest BCUT2D eigenvalue weighted by Crippen LogP contribution is 2.15. The number of hydrogen-bond donors (Lipinski definition) is 1. The van der Waals surface area contributed by atoms with Gasteiger partial charge in [-0.15, -0.1) is 0 Å². The SMILES string of the molecule is COc1ccc(CC(C)Nc2cccc(C#N)c2)cc1. The van der Waals surface area contributed by atoms with Crippen LogP contribution in [-0.4, -0.2) is 13.2 Å². The van der Waals surface area contributed by atoms with Crippen LogP contribution < -0.4 is 10.1 Å². The van der Waals surface area contributed by atoms with Crippen LogP contribution in [0.5, 0.6) is 5.75 Å². The Bertz CT molecular complexity index is 599. The molecule has 0 saturated heterocycles. The summed E-state index contributed by atoms with van der Waals surface area (Å²) in [5.41, 5.74) is 2.90. The molecule has 0 aromatic heterocycles. The zero-order valence-electron chi connectivity index (χ0n) is 11.8. The molecule has 0 saturated carbocycles. The zero-order chi connectivity index (χ0) is 14.4. The first-order valence-corrected chi connectivity index (χ1v) is 6.61. The molecule has 0 radical (unpaired) electrons. The van der Waals surface area contributed by atoms with E-state index in [9.17, 15) is 0 Å². The minimum absolute atomic E-state index is 0.289. The van der Waals surface area contributed by atoms with Gasteiger partial charge in [0, 0.05) is 11.7 Å². The number of rotatable bonds is 5. The molecular weight excluding hydrogens is 248 g/mol. The van der Waals surface area contributed by atoms with Crippen molar-refractivity contribution in [2.75, 3.05) is 12.4 Å². The van der Waals surface area contributed by atoms with Crippen LogP contribution >= 0.6 is 0 Å². The predicted octanol–water partition coefficient (Wildman–Crippen LogP) is 3.61. The molecule has 20 heavy (non-hydrogen) atoms. The molecule has 0 amide bonds. The van der Waals surface area contributed by atoms with E-state index < -0.39 is 0 Å². The van der Waals surface area contributed by atoms with Crippen LogP contribution in [-0.2, 0) is 6.42 Å². The maximum absolute atomic E-state index is 8.89. The third-order valence-electron chi connectivity index (χ3n) is 3.11. The monoisotopic (exact) mass is 266 g/mol. The molecule has 0 heterocycles. The smallest absolute Gasteiger partial charge is 0.118 e. The molecule has 2 rings (SSSR count). The van der Waals surface area contributed by atoms with Gasteiger partial charge in [-0.3, -0.25) is 0 Å². The minimum Gasteiger partial charge on any atom is -0.497 e. The fraction of sp³-hybridized carbons (Fsp3) is 0.235. The maximum Gasteiger partial charge on any atom is 0.118 e. The second-order valence-corrected chi connectivity index (χ2v) is 4.79. The standard InChI is InChI=1S/C17H18N2O/c1-13(10-14-6-8-17(20-2)9-7-14)19-16-5-3-4-15(11-16)12-18/h3-9,11,13,19H,10H2,1-2H3. The summed E-state index contributed by atoms with van der Waals surface area (Å²) in [6, 6.07) is 18.1. The first kappa shape index (κ1) is 14.0. The lowest BCUT2D eigenvalue weighted by atomic mass is 10.1. The van der Waals surface area contributed by atoms with Crippen molar-refractivity contribution in [1.82, 2.24) is 0 Å². The Morgan fingerprint density at radius 2 is 1.95 bits per heavy atom. The van der Waals surface area contributed by atoms with Gasteiger partial charge in [-0.05, 0) is 49.2 Å². The van der Waals surface area contributed by atoms with Gasteiger partial charge in [0.25, 0.3) is 0 Å². The van der Waals surface area contributed by atoms with Crippen LogP contribution in [0.4, 0.5) is 5.69 Å². The Morgan fingerprint density at radius 3 is 2.60 bits per heavy atom. The number of nitriles is 1. The Labute approximate surface area is 119 Å². The van der Waals surface area contributed by atoms with Crippen LogP contribution in [0.3, 0.4) is 0 Å². The average Bonchev–Trinajstić information content (AvgIpc) is 2.48. The van der Waals surface area contributed by atoms with Crippen LogP contribution in [0, 0.1) is 11.3 Å². The summed E-state index contributed by atoms with van der Waals surface area (Å²) in [4.78, 5) is 0.